The van der Waals surface area contributed by atoms with Gasteiger partial charge in [0.15, 0.2) is 0 Å². The van der Waals surface area contributed by atoms with Crippen molar-refractivity contribution in [2.75, 3.05) is 19.6 Å². The summed E-state index contributed by atoms with van der Waals surface area (Å²) in [5, 5.41) is 0. The van der Waals surface area contributed by atoms with E-state index in [0.717, 1.165) is 135 Å². The molecule has 0 bridgehead atoms. The number of nitrogens with zero attached hydrogens (tertiary/aromatic N) is 10. The van der Waals surface area contributed by atoms with Crippen molar-refractivity contribution in [1.82, 2.24) is 27.9 Å². The lowest BCUT2D eigenvalue weighted by Gasteiger charge is -2.26. The zero-order valence-electron chi connectivity index (χ0n) is 72.1. The van der Waals surface area contributed by atoms with Crippen LogP contribution in [0.5, 0.6) is 0 Å². The minimum Gasteiger partial charge on any atom is -0.310 e. The van der Waals surface area contributed by atoms with Crippen LogP contribution in [0.25, 0.3) is 134 Å². The number of para-hydroxylation sites is 4. The summed E-state index contributed by atoms with van der Waals surface area (Å²) in [5.41, 5.74) is 37.1. The van der Waals surface area contributed by atoms with E-state index in [-0.39, 0.29) is 0 Å². The number of aromatic nitrogens is 6. The molecular weight excluding hydrogens is 1610 g/mol. The Morgan fingerprint density at radius 3 is 0.538 bits per heavy atom. The summed E-state index contributed by atoms with van der Waals surface area (Å²) in [7, 11) is 0. The number of fused-ring (bicyclic) bond motifs is 10. The van der Waals surface area contributed by atoms with Gasteiger partial charge in [0.05, 0.1) is 44.1 Å². The molecular formula is C122H86N10. The van der Waals surface area contributed by atoms with Crippen molar-refractivity contribution < 1.29 is 0 Å². The van der Waals surface area contributed by atoms with Crippen LogP contribution < -0.4 is 19.6 Å². The maximum absolute atomic E-state index is 5.42. The molecule has 132 heavy (non-hydrogen) atoms. The Bertz CT molecular complexity index is 8030. The van der Waals surface area contributed by atoms with Gasteiger partial charge in [-0.2, -0.15) is 0 Å². The second-order valence-corrected chi connectivity index (χ2v) is 33.0. The van der Waals surface area contributed by atoms with Gasteiger partial charge in [-0.3, -0.25) is 17.9 Å². The lowest BCUT2D eigenvalue weighted by molar-refractivity contribution is 1.11. The van der Waals surface area contributed by atoms with Crippen molar-refractivity contribution in [3.8, 4) is 78.1 Å². The summed E-state index contributed by atoms with van der Waals surface area (Å²) >= 11 is 0. The summed E-state index contributed by atoms with van der Waals surface area (Å²) in [5.74, 6) is 1.69. The van der Waals surface area contributed by atoms with Gasteiger partial charge in [-0.15, -0.1) is 0 Å². The van der Waals surface area contributed by atoms with E-state index in [1.165, 1.54) is 66.8 Å². The predicted octanol–water partition coefficient (Wildman–Crippen LogP) is 32.7. The van der Waals surface area contributed by atoms with Crippen molar-refractivity contribution in [3.63, 3.8) is 0 Å². The van der Waals surface area contributed by atoms with E-state index < -0.39 is 0 Å². The largest absolute Gasteiger partial charge is 0.310 e. The van der Waals surface area contributed by atoms with E-state index in [9.17, 15) is 0 Å². The molecule has 10 nitrogen and oxygen atoms in total. The molecule has 0 radical (unpaired) electrons. The molecule has 0 fully saturated rings. The van der Waals surface area contributed by atoms with Gasteiger partial charge in [-0.25, -0.2) is 9.97 Å². The topological polar surface area (TPSA) is 57.4 Å². The number of rotatable bonds is 20. The number of imidazole rings is 4. The molecule has 0 aliphatic rings. The highest BCUT2D eigenvalue weighted by Gasteiger charge is 2.27. The second-order valence-electron chi connectivity index (χ2n) is 33.0. The quantitative estimate of drug-likeness (QED) is 0.0758. The molecule has 0 atom stereocenters. The van der Waals surface area contributed by atoms with Crippen LogP contribution in [0, 0.1) is 0 Å². The standard InChI is InChI=1S/2C61H43N5/c1-6-16-44(17-7-1)47-26-32-52(33-27-47)63(50-22-12-4-13-23-50)55-38-40-57-59(42-55)66-60-43-56(64(51-24-14-5-15-25-51)53-34-28-48(29-35-53)45-18-8-2-9-19-45)39-41-58(60)65(61(66)62-57)54-36-30-49(31-37-54)46-20-10-3-11-21-46;1-6-16-44(17-7-1)47-26-32-52(33-27-47)64(53-34-28-48(29-35-53)45-18-8-2-9-19-45)56-39-41-58-60(43-56)66-59-42-55(63(50-22-12-4-13-23-50)51-24-14-5-15-25-51)38-40-57(59)62-61(66)65(58)54-36-30-49(31-37-54)46-20-10-3-11-21-46/h2*1-43H. The van der Waals surface area contributed by atoms with Gasteiger partial charge in [0.25, 0.3) is 0 Å². The normalized spacial score (nSPS) is 11.3. The van der Waals surface area contributed by atoms with E-state index in [0.29, 0.717) is 0 Å². The molecule has 20 aromatic carbocycles. The summed E-state index contributed by atoms with van der Waals surface area (Å²) < 4.78 is 9.28. The van der Waals surface area contributed by atoms with Crippen LogP contribution >= 0.6 is 0 Å². The van der Waals surface area contributed by atoms with Crippen molar-refractivity contribution in [2.24, 2.45) is 0 Å². The molecule has 10 heteroatoms. The van der Waals surface area contributed by atoms with Gasteiger partial charge in [-0.1, -0.05) is 328 Å². The van der Waals surface area contributed by atoms with Crippen LogP contribution in [0.2, 0.25) is 0 Å². The molecule has 0 spiro atoms. The highest BCUT2D eigenvalue weighted by molar-refractivity contribution is 6.00. The Hall–Kier alpha value is -17.9. The zero-order chi connectivity index (χ0) is 87.6. The van der Waals surface area contributed by atoms with Crippen LogP contribution in [0.3, 0.4) is 0 Å². The Labute approximate surface area is 766 Å². The van der Waals surface area contributed by atoms with E-state index in [1.54, 1.807) is 0 Å². The van der Waals surface area contributed by atoms with Gasteiger partial charge < -0.3 is 19.6 Å². The molecule has 24 rings (SSSR count). The number of anilines is 12. The summed E-state index contributed by atoms with van der Waals surface area (Å²) in [6.45, 7) is 0. The fourth-order valence-corrected chi connectivity index (χ4v) is 18.6. The predicted molar refractivity (Wildman–Crippen MR) is 550 cm³/mol. The van der Waals surface area contributed by atoms with E-state index >= 15 is 0 Å². The molecule has 0 unspecified atom stereocenters. The minimum absolute atomic E-state index is 0.846. The maximum Gasteiger partial charge on any atom is 0.220 e. The van der Waals surface area contributed by atoms with Crippen molar-refractivity contribution in [3.05, 3.63) is 522 Å². The molecule has 0 aliphatic carbocycles. The Balaban J connectivity index is 0.000000150. The third-order valence-electron chi connectivity index (χ3n) is 25.0. The first-order valence-corrected chi connectivity index (χ1v) is 44.7. The average Bonchev–Trinajstić information content (AvgIpc) is 1.56. The minimum atomic E-state index is 0.846. The first kappa shape index (κ1) is 78.8. The highest BCUT2D eigenvalue weighted by Crippen LogP contribution is 2.46. The van der Waals surface area contributed by atoms with Crippen LogP contribution in [0.4, 0.5) is 68.2 Å². The number of hydrogen-bond donors (Lipinski definition) is 0. The first-order chi connectivity index (χ1) is 65.5. The molecule has 0 aliphatic heterocycles. The molecule has 0 saturated carbocycles. The molecule has 0 N–H and O–H groups in total. The van der Waals surface area contributed by atoms with E-state index in [2.05, 4.69) is 559 Å². The molecule has 0 saturated heterocycles. The number of benzene rings is 20. The Morgan fingerprint density at radius 2 is 0.311 bits per heavy atom. The first-order valence-electron chi connectivity index (χ1n) is 44.7. The molecule has 4 aromatic heterocycles. The molecule has 4 heterocycles. The van der Waals surface area contributed by atoms with Crippen LogP contribution in [0.15, 0.2) is 522 Å². The van der Waals surface area contributed by atoms with Crippen molar-refractivity contribution >= 4 is 124 Å². The van der Waals surface area contributed by atoms with Crippen LogP contribution in [0.1, 0.15) is 0 Å². The average molecular weight is 1690 g/mol. The van der Waals surface area contributed by atoms with E-state index in [4.69, 9.17) is 9.97 Å². The van der Waals surface area contributed by atoms with Crippen LogP contribution in [-0.4, -0.2) is 27.9 Å². The maximum atomic E-state index is 5.42. The highest BCUT2D eigenvalue weighted by atomic mass is 15.2. The van der Waals surface area contributed by atoms with Crippen molar-refractivity contribution in [1.29, 1.82) is 0 Å². The van der Waals surface area contributed by atoms with Gasteiger partial charge in [0.2, 0.25) is 11.6 Å². The lowest BCUT2D eigenvalue weighted by atomic mass is 10.0. The summed E-state index contributed by atoms with van der Waals surface area (Å²) in [6.07, 6.45) is 0. The summed E-state index contributed by atoms with van der Waals surface area (Å²) in [4.78, 5) is 20.2. The lowest BCUT2D eigenvalue weighted by Crippen LogP contribution is -2.10. The third kappa shape index (κ3) is 15.2. The van der Waals surface area contributed by atoms with E-state index in [1.807, 2.05) is 0 Å². The van der Waals surface area contributed by atoms with Gasteiger partial charge in [-0.05, 0) is 261 Å². The molecule has 0 amide bonds. The zero-order valence-corrected chi connectivity index (χ0v) is 72.1. The fourth-order valence-electron chi connectivity index (χ4n) is 18.6. The van der Waals surface area contributed by atoms with Crippen LogP contribution in [-0.2, 0) is 0 Å². The smallest absolute Gasteiger partial charge is 0.220 e. The number of hydrogen-bond acceptors (Lipinski definition) is 6. The van der Waals surface area contributed by atoms with Gasteiger partial charge in [0.1, 0.15) is 0 Å². The molecule has 24 aromatic rings. The van der Waals surface area contributed by atoms with Gasteiger partial charge >= 0.3 is 0 Å². The second kappa shape index (κ2) is 34.8. The Morgan fingerprint density at radius 1 is 0.136 bits per heavy atom. The SMILES string of the molecule is c1ccc(-c2ccc(N(c3ccc(-c4ccccc4)cc3)c3ccc4c(c3)n3c5cc(N(c6ccccc6)c6ccccc6)ccc5nc3n4-c3ccc(-c4ccccc4)cc3)cc2)cc1.c1ccc(-c2ccc(N(c3ccccc3)c3ccc4nc5n(-c6ccc(-c7ccccc7)cc6)c6ccc(N(c7ccccc7)c7ccc(-c8ccccc8)cc7)cc6n5c4c3)cc2)cc1. The fraction of sp³-hybridized carbons (Fsp3) is 0. The Kier molecular flexibility index (Phi) is 20.8. The summed E-state index contributed by atoms with van der Waals surface area (Å²) in [6, 6.07) is 186. The monoisotopic (exact) mass is 1690 g/mol. The molecule has 624 valence electrons. The van der Waals surface area contributed by atoms with Crippen molar-refractivity contribution in [2.45, 2.75) is 0 Å². The van der Waals surface area contributed by atoms with Gasteiger partial charge in [0, 0.05) is 79.6 Å². The third-order valence-corrected chi connectivity index (χ3v) is 25.0.